The lowest BCUT2D eigenvalue weighted by Gasteiger charge is -2.22. The summed E-state index contributed by atoms with van der Waals surface area (Å²) >= 11 is 0. The van der Waals surface area contributed by atoms with Gasteiger partial charge in [0.25, 0.3) is 11.8 Å². The van der Waals surface area contributed by atoms with E-state index in [1.165, 1.54) is 18.0 Å². The standard InChI is InChI=1S/C26H23N5O5/c1-26(18-11-10-16-6-3-4-7-17(16)12-18)23(34)30(24(35)28-26)14-21(32)27-19-8-5-9-20(13-19)31-22(33)15-29(2)25(31)36/h3-13H,14-15H2,1-2H3,(H,27,32)(H,28,35). The Bertz CT molecular complexity index is 1450. The van der Waals surface area contributed by atoms with Crippen LogP contribution in [0.25, 0.3) is 10.8 Å². The minimum absolute atomic E-state index is 0.0302. The van der Waals surface area contributed by atoms with Crippen molar-refractivity contribution in [2.75, 3.05) is 30.4 Å². The van der Waals surface area contributed by atoms with Gasteiger partial charge in [-0.05, 0) is 47.5 Å². The van der Waals surface area contributed by atoms with Crippen LogP contribution in [0.3, 0.4) is 0 Å². The second-order valence-electron chi connectivity index (χ2n) is 8.97. The third-order valence-corrected chi connectivity index (χ3v) is 6.43. The van der Waals surface area contributed by atoms with Gasteiger partial charge < -0.3 is 15.5 Å². The largest absolute Gasteiger partial charge is 0.331 e. The monoisotopic (exact) mass is 485 g/mol. The van der Waals surface area contributed by atoms with E-state index in [1.54, 1.807) is 31.2 Å². The minimum Gasteiger partial charge on any atom is -0.324 e. The maximum absolute atomic E-state index is 13.3. The van der Waals surface area contributed by atoms with E-state index in [4.69, 9.17) is 0 Å². The van der Waals surface area contributed by atoms with Crippen LogP contribution in [-0.2, 0) is 19.9 Å². The first-order valence-corrected chi connectivity index (χ1v) is 11.3. The van der Waals surface area contributed by atoms with Crippen LogP contribution < -0.4 is 15.5 Å². The smallest absolute Gasteiger partial charge is 0.324 e. The Morgan fingerprint density at radius 2 is 1.72 bits per heavy atom. The molecular weight excluding hydrogens is 462 g/mol. The number of carbonyl (C=O) groups is 5. The van der Waals surface area contributed by atoms with Gasteiger partial charge in [0.05, 0.1) is 5.69 Å². The maximum Gasteiger partial charge on any atom is 0.331 e. The number of anilines is 2. The normalized spacial score (nSPS) is 19.9. The Labute approximate surface area is 206 Å². The van der Waals surface area contributed by atoms with Crippen LogP contribution in [-0.4, -0.2) is 59.7 Å². The fraction of sp³-hybridized carbons (Fsp3) is 0.192. The minimum atomic E-state index is -1.32. The molecule has 1 atom stereocenters. The van der Waals surface area contributed by atoms with Gasteiger partial charge in [-0.2, -0.15) is 0 Å². The number of nitrogens with one attached hydrogen (secondary N) is 2. The average Bonchev–Trinajstić information content (AvgIpc) is 3.24. The Morgan fingerprint density at radius 3 is 2.44 bits per heavy atom. The molecule has 0 aliphatic carbocycles. The van der Waals surface area contributed by atoms with E-state index in [1.807, 2.05) is 36.4 Å². The fourth-order valence-corrected chi connectivity index (χ4v) is 4.48. The van der Waals surface area contributed by atoms with Gasteiger partial charge in [0.15, 0.2) is 0 Å². The average molecular weight is 486 g/mol. The lowest BCUT2D eigenvalue weighted by molar-refractivity contribution is -0.133. The molecule has 10 nitrogen and oxygen atoms in total. The molecule has 3 aromatic rings. The molecule has 182 valence electrons. The summed E-state index contributed by atoms with van der Waals surface area (Å²) in [6.45, 7) is 1.08. The van der Waals surface area contributed by atoms with E-state index in [0.717, 1.165) is 20.6 Å². The summed E-state index contributed by atoms with van der Waals surface area (Å²) in [5, 5.41) is 7.27. The summed E-state index contributed by atoms with van der Waals surface area (Å²) in [7, 11) is 1.52. The summed E-state index contributed by atoms with van der Waals surface area (Å²) in [6.07, 6.45) is 0. The number of hydrogen-bond donors (Lipinski definition) is 2. The molecule has 2 heterocycles. The summed E-state index contributed by atoms with van der Waals surface area (Å²) < 4.78 is 0. The van der Waals surface area contributed by atoms with Crippen LogP contribution in [0.2, 0.25) is 0 Å². The van der Waals surface area contributed by atoms with Crippen molar-refractivity contribution in [2.24, 2.45) is 0 Å². The second kappa shape index (κ2) is 8.49. The van der Waals surface area contributed by atoms with Crippen LogP contribution in [0, 0.1) is 0 Å². The molecule has 0 aromatic heterocycles. The van der Waals surface area contributed by atoms with Gasteiger partial charge in [-0.15, -0.1) is 0 Å². The molecule has 2 N–H and O–H groups in total. The zero-order valence-corrected chi connectivity index (χ0v) is 19.6. The van der Waals surface area contributed by atoms with E-state index in [2.05, 4.69) is 10.6 Å². The molecule has 3 aromatic carbocycles. The second-order valence-corrected chi connectivity index (χ2v) is 8.97. The van der Waals surface area contributed by atoms with Gasteiger partial charge in [-0.25, -0.2) is 14.5 Å². The highest BCUT2D eigenvalue weighted by atomic mass is 16.2. The lowest BCUT2D eigenvalue weighted by atomic mass is 9.90. The summed E-state index contributed by atoms with van der Waals surface area (Å²) in [6, 6.07) is 18.3. The zero-order chi connectivity index (χ0) is 25.6. The van der Waals surface area contributed by atoms with E-state index in [-0.39, 0.29) is 12.5 Å². The highest BCUT2D eigenvalue weighted by Crippen LogP contribution is 2.31. The van der Waals surface area contributed by atoms with E-state index >= 15 is 0 Å². The van der Waals surface area contributed by atoms with Crippen LogP contribution >= 0.6 is 0 Å². The maximum atomic E-state index is 13.3. The lowest BCUT2D eigenvalue weighted by Crippen LogP contribution is -2.42. The molecule has 2 fully saturated rings. The van der Waals surface area contributed by atoms with Crippen molar-refractivity contribution in [3.63, 3.8) is 0 Å². The molecule has 36 heavy (non-hydrogen) atoms. The van der Waals surface area contributed by atoms with Gasteiger partial charge in [-0.3, -0.25) is 19.3 Å². The van der Waals surface area contributed by atoms with Crippen molar-refractivity contribution in [3.8, 4) is 0 Å². The first-order chi connectivity index (χ1) is 17.2. The highest BCUT2D eigenvalue weighted by Gasteiger charge is 2.49. The molecule has 2 aliphatic heterocycles. The number of amides is 7. The summed E-state index contributed by atoms with van der Waals surface area (Å²) in [5.41, 5.74) is -0.0767. The zero-order valence-electron chi connectivity index (χ0n) is 19.6. The number of benzene rings is 3. The number of nitrogens with zero attached hydrogens (tertiary/aromatic N) is 3. The van der Waals surface area contributed by atoms with Crippen molar-refractivity contribution in [1.82, 2.24) is 15.1 Å². The third kappa shape index (κ3) is 3.82. The predicted octanol–water partition coefficient (Wildman–Crippen LogP) is 2.64. The molecule has 5 rings (SSSR count). The third-order valence-electron chi connectivity index (χ3n) is 6.43. The topological polar surface area (TPSA) is 119 Å². The van der Waals surface area contributed by atoms with Crippen molar-refractivity contribution in [2.45, 2.75) is 12.5 Å². The van der Waals surface area contributed by atoms with Gasteiger partial charge in [-0.1, -0.05) is 42.5 Å². The number of fused-ring (bicyclic) bond motifs is 1. The van der Waals surface area contributed by atoms with Crippen LogP contribution in [0.1, 0.15) is 12.5 Å². The quantitative estimate of drug-likeness (QED) is 0.539. The number of urea groups is 2. The molecule has 0 saturated carbocycles. The first-order valence-electron chi connectivity index (χ1n) is 11.3. The van der Waals surface area contributed by atoms with Crippen molar-refractivity contribution in [1.29, 1.82) is 0 Å². The Morgan fingerprint density at radius 1 is 0.972 bits per heavy atom. The van der Waals surface area contributed by atoms with E-state index in [9.17, 15) is 24.0 Å². The number of likely N-dealkylation sites (N-methyl/N-ethyl adjacent to an activating group) is 1. The van der Waals surface area contributed by atoms with Crippen molar-refractivity contribution >= 4 is 51.9 Å². The van der Waals surface area contributed by atoms with Gasteiger partial charge in [0.1, 0.15) is 18.6 Å². The molecule has 10 heteroatoms. The molecule has 0 radical (unpaired) electrons. The number of rotatable bonds is 5. The predicted molar refractivity (Wildman–Crippen MR) is 132 cm³/mol. The molecule has 2 saturated heterocycles. The van der Waals surface area contributed by atoms with Gasteiger partial charge in [0, 0.05) is 12.7 Å². The number of carbonyl (C=O) groups excluding carboxylic acids is 5. The highest BCUT2D eigenvalue weighted by molar-refractivity contribution is 6.20. The Kier molecular flexibility index (Phi) is 5.43. The molecular formula is C26H23N5O5. The van der Waals surface area contributed by atoms with Crippen LogP contribution in [0.4, 0.5) is 21.0 Å². The van der Waals surface area contributed by atoms with E-state index < -0.39 is 36.0 Å². The molecule has 0 bridgehead atoms. The van der Waals surface area contributed by atoms with Crippen LogP contribution in [0.5, 0.6) is 0 Å². The first kappa shape index (κ1) is 23.0. The summed E-state index contributed by atoms with van der Waals surface area (Å²) in [4.78, 5) is 66.3. The Balaban J connectivity index is 1.31. The number of hydrogen-bond acceptors (Lipinski definition) is 5. The molecule has 2 aliphatic rings. The van der Waals surface area contributed by atoms with Gasteiger partial charge in [0.2, 0.25) is 5.91 Å². The van der Waals surface area contributed by atoms with Crippen LogP contribution in [0.15, 0.2) is 66.7 Å². The van der Waals surface area contributed by atoms with Crippen molar-refractivity contribution in [3.05, 3.63) is 72.3 Å². The van der Waals surface area contributed by atoms with E-state index in [0.29, 0.717) is 16.9 Å². The SMILES string of the molecule is CN1CC(=O)N(c2cccc(NC(=O)CN3C(=O)NC(C)(c4ccc5ccccc5c4)C3=O)c2)C1=O. The van der Waals surface area contributed by atoms with Crippen molar-refractivity contribution < 1.29 is 24.0 Å². The van der Waals surface area contributed by atoms with Gasteiger partial charge >= 0.3 is 12.1 Å². The molecule has 0 spiro atoms. The fourth-order valence-electron chi connectivity index (χ4n) is 4.48. The summed E-state index contributed by atoms with van der Waals surface area (Å²) in [5.74, 6) is -1.52. The molecule has 1 unspecified atom stereocenters. The molecule has 7 amide bonds. The number of imide groups is 2. The Hall–Kier alpha value is -4.73.